The molecule has 3 saturated heterocycles. The molecular formula is C30H31BrN2O5. The topological polar surface area (TPSA) is 73.9 Å². The lowest BCUT2D eigenvalue weighted by Crippen LogP contribution is -3.00. The molecule has 3 aromatic rings. The SMILES string of the molecule is O=C(C[N+]12CCC(CC1)[C@@H](OC(=O)[C@H](Nc1ccccc1)c1ccccc1)C2)c1ccc2c(c1)OCO2.[Br-]. The maximum absolute atomic E-state index is 13.6. The number of esters is 1. The summed E-state index contributed by atoms with van der Waals surface area (Å²) in [6.07, 6.45) is 1.70. The molecule has 2 bridgehead atoms. The summed E-state index contributed by atoms with van der Waals surface area (Å²) in [5.41, 5.74) is 2.36. The highest BCUT2D eigenvalue weighted by Crippen LogP contribution is 2.38. The zero-order valence-electron chi connectivity index (χ0n) is 21.1. The molecule has 1 N–H and O–H groups in total. The van der Waals surface area contributed by atoms with Gasteiger partial charge in [-0.1, -0.05) is 48.5 Å². The molecule has 3 fully saturated rings. The van der Waals surface area contributed by atoms with E-state index in [4.69, 9.17) is 14.2 Å². The first-order valence-corrected chi connectivity index (χ1v) is 12.9. The number of ketones is 1. The smallest absolute Gasteiger partial charge is 0.333 e. The number of piperidine rings is 3. The van der Waals surface area contributed by atoms with Crippen LogP contribution in [0.4, 0.5) is 5.69 Å². The zero-order chi connectivity index (χ0) is 25.2. The number of Topliss-reactive ketones (excluding diaryl/α,β-unsaturated/α-hetero) is 1. The van der Waals surface area contributed by atoms with Gasteiger partial charge in [0.1, 0.15) is 13.1 Å². The Morgan fingerprint density at radius 3 is 2.34 bits per heavy atom. The summed E-state index contributed by atoms with van der Waals surface area (Å²) in [6.45, 7) is 3.10. The monoisotopic (exact) mass is 578 g/mol. The third-order valence-electron chi connectivity index (χ3n) is 7.94. The number of ether oxygens (including phenoxy) is 3. The lowest BCUT2D eigenvalue weighted by molar-refractivity contribution is -0.938. The Morgan fingerprint density at radius 1 is 0.921 bits per heavy atom. The van der Waals surface area contributed by atoms with Crippen LogP contribution in [0.5, 0.6) is 11.5 Å². The molecule has 7 nitrogen and oxygen atoms in total. The first kappa shape index (κ1) is 26.3. The summed E-state index contributed by atoms with van der Waals surface area (Å²) < 4.78 is 17.7. The lowest BCUT2D eigenvalue weighted by atomic mass is 9.82. The van der Waals surface area contributed by atoms with Crippen molar-refractivity contribution in [2.75, 3.05) is 38.3 Å². The standard InChI is InChI=1S/C30H31N2O5.BrH/c33-25(23-11-12-26-27(17-23)36-20-35-26)18-32-15-13-21(14-16-32)28(19-32)37-30(34)29(22-7-3-1-4-8-22)31-24-9-5-2-6-10-24;/h1-12,17,21,28-29,31H,13-16,18-20H2;1H/q+1;/p-1/t21?,28-,29+,32?;/m0./s1. The third-order valence-corrected chi connectivity index (χ3v) is 7.94. The number of nitrogens with one attached hydrogen (secondary N) is 1. The molecule has 0 amide bonds. The van der Waals surface area contributed by atoms with Crippen molar-refractivity contribution in [3.63, 3.8) is 0 Å². The van der Waals surface area contributed by atoms with E-state index in [-0.39, 0.29) is 41.6 Å². The van der Waals surface area contributed by atoms with Gasteiger partial charge >= 0.3 is 5.97 Å². The Hall–Kier alpha value is -3.36. The first-order valence-electron chi connectivity index (χ1n) is 12.9. The summed E-state index contributed by atoms with van der Waals surface area (Å²) in [6, 6.07) is 24.2. The van der Waals surface area contributed by atoms with Crippen molar-refractivity contribution in [1.29, 1.82) is 0 Å². The van der Waals surface area contributed by atoms with Crippen LogP contribution in [0, 0.1) is 5.92 Å². The van der Waals surface area contributed by atoms with E-state index in [1.807, 2.05) is 66.7 Å². The molecule has 0 unspecified atom stereocenters. The van der Waals surface area contributed by atoms with Crippen LogP contribution < -0.4 is 31.8 Å². The van der Waals surface area contributed by atoms with Crippen molar-refractivity contribution in [2.45, 2.75) is 25.0 Å². The fourth-order valence-electron chi connectivity index (χ4n) is 5.88. The number of quaternary nitrogens is 1. The quantitative estimate of drug-likeness (QED) is 0.249. The Kier molecular flexibility index (Phi) is 7.72. The Labute approximate surface area is 233 Å². The van der Waals surface area contributed by atoms with E-state index in [1.165, 1.54) is 0 Å². The molecule has 38 heavy (non-hydrogen) atoms. The highest BCUT2D eigenvalue weighted by Gasteiger charge is 2.49. The van der Waals surface area contributed by atoms with E-state index in [9.17, 15) is 9.59 Å². The number of hydrogen-bond acceptors (Lipinski definition) is 6. The Balaban J connectivity index is 0.00000294. The van der Waals surface area contributed by atoms with Crippen LogP contribution in [-0.2, 0) is 9.53 Å². The minimum absolute atomic E-state index is 0. The molecule has 0 aliphatic carbocycles. The van der Waals surface area contributed by atoms with Crippen molar-refractivity contribution in [2.24, 2.45) is 5.92 Å². The van der Waals surface area contributed by atoms with Gasteiger partial charge in [0.05, 0.1) is 13.1 Å². The molecule has 4 aliphatic heterocycles. The van der Waals surface area contributed by atoms with Crippen molar-refractivity contribution in [3.8, 4) is 11.5 Å². The van der Waals surface area contributed by atoms with E-state index in [0.717, 1.165) is 37.2 Å². The second kappa shape index (κ2) is 11.2. The van der Waals surface area contributed by atoms with Gasteiger partial charge in [0.2, 0.25) is 12.6 Å². The van der Waals surface area contributed by atoms with Gasteiger partial charge in [-0.05, 0) is 35.9 Å². The van der Waals surface area contributed by atoms with Gasteiger partial charge in [-0.3, -0.25) is 4.79 Å². The van der Waals surface area contributed by atoms with Crippen LogP contribution in [0.3, 0.4) is 0 Å². The van der Waals surface area contributed by atoms with E-state index < -0.39 is 6.04 Å². The van der Waals surface area contributed by atoms with E-state index in [0.29, 0.717) is 40.6 Å². The number of halogens is 1. The number of rotatable bonds is 8. The van der Waals surface area contributed by atoms with Crippen LogP contribution in [0.15, 0.2) is 78.9 Å². The average molecular weight is 579 g/mol. The minimum Gasteiger partial charge on any atom is -1.00 e. The molecule has 2 atom stereocenters. The average Bonchev–Trinajstić information content (AvgIpc) is 3.41. The number of para-hydroxylation sites is 1. The lowest BCUT2D eigenvalue weighted by Gasteiger charge is -2.51. The van der Waals surface area contributed by atoms with Gasteiger partial charge in [-0.25, -0.2) is 4.79 Å². The highest BCUT2D eigenvalue weighted by molar-refractivity contribution is 5.97. The number of fused-ring (bicyclic) bond motifs is 4. The molecule has 198 valence electrons. The molecule has 0 saturated carbocycles. The van der Waals surface area contributed by atoms with Gasteiger partial charge in [-0.15, -0.1) is 0 Å². The maximum atomic E-state index is 13.6. The normalized spacial score (nSPS) is 23.7. The molecule has 0 aromatic heterocycles. The molecule has 4 aliphatic rings. The highest BCUT2D eigenvalue weighted by atomic mass is 79.9. The number of nitrogens with zero attached hydrogens (tertiary/aromatic N) is 1. The summed E-state index contributed by atoms with van der Waals surface area (Å²) in [5.74, 6) is 1.42. The maximum Gasteiger partial charge on any atom is 0.333 e. The molecular weight excluding hydrogens is 548 g/mol. The summed E-state index contributed by atoms with van der Waals surface area (Å²) in [5, 5.41) is 3.36. The summed E-state index contributed by atoms with van der Waals surface area (Å²) in [4.78, 5) is 26.9. The van der Waals surface area contributed by atoms with Gasteiger partial charge in [0, 0.05) is 30.0 Å². The van der Waals surface area contributed by atoms with E-state index in [2.05, 4.69) is 5.32 Å². The largest absolute Gasteiger partial charge is 1.00 e. The van der Waals surface area contributed by atoms with Crippen molar-refractivity contribution >= 4 is 17.4 Å². The predicted octanol–water partition coefficient (Wildman–Crippen LogP) is 1.61. The molecule has 0 spiro atoms. The van der Waals surface area contributed by atoms with Gasteiger partial charge in [0.15, 0.2) is 23.6 Å². The van der Waals surface area contributed by atoms with Gasteiger partial charge in [-0.2, -0.15) is 0 Å². The van der Waals surface area contributed by atoms with Crippen LogP contribution in [0.1, 0.15) is 34.8 Å². The number of carbonyl (C=O) groups excluding carboxylic acids is 2. The molecule has 8 heteroatoms. The summed E-state index contributed by atoms with van der Waals surface area (Å²) in [7, 11) is 0. The van der Waals surface area contributed by atoms with Gasteiger partial charge in [0.25, 0.3) is 0 Å². The zero-order valence-corrected chi connectivity index (χ0v) is 22.6. The number of hydrogen-bond donors (Lipinski definition) is 1. The number of carbonyl (C=O) groups is 2. The Bertz CT molecular complexity index is 1280. The van der Waals surface area contributed by atoms with E-state index >= 15 is 0 Å². The minimum atomic E-state index is -0.609. The van der Waals surface area contributed by atoms with Gasteiger partial charge < -0.3 is 41.0 Å². The predicted molar refractivity (Wildman–Crippen MR) is 138 cm³/mol. The van der Waals surface area contributed by atoms with E-state index in [1.54, 1.807) is 12.1 Å². The van der Waals surface area contributed by atoms with Crippen LogP contribution in [-0.4, -0.2) is 55.3 Å². The number of anilines is 1. The van der Waals surface area contributed by atoms with Crippen LogP contribution >= 0.6 is 0 Å². The number of benzene rings is 3. The fraction of sp³-hybridized carbons (Fsp3) is 0.333. The molecule has 0 radical (unpaired) electrons. The van der Waals surface area contributed by atoms with Crippen molar-refractivity contribution in [1.82, 2.24) is 0 Å². The first-order chi connectivity index (χ1) is 18.1. The van der Waals surface area contributed by atoms with Crippen molar-refractivity contribution in [3.05, 3.63) is 90.0 Å². The molecule has 7 rings (SSSR count). The molecule has 3 aromatic carbocycles. The molecule has 4 heterocycles. The second-order valence-electron chi connectivity index (χ2n) is 10.3. The Morgan fingerprint density at radius 2 is 1.61 bits per heavy atom. The summed E-state index contributed by atoms with van der Waals surface area (Å²) >= 11 is 0. The third kappa shape index (κ3) is 5.42. The van der Waals surface area contributed by atoms with Crippen molar-refractivity contribution < 1.29 is 45.3 Å². The second-order valence-corrected chi connectivity index (χ2v) is 10.3. The van der Waals surface area contributed by atoms with Crippen LogP contribution in [0.25, 0.3) is 0 Å². The fourth-order valence-corrected chi connectivity index (χ4v) is 5.88. The van der Waals surface area contributed by atoms with Crippen LogP contribution in [0.2, 0.25) is 0 Å².